The van der Waals surface area contributed by atoms with Crippen LogP contribution in [0.4, 0.5) is 0 Å². The molecule has 0 unspecified atom stereocenters. The van der Waals surface area contributed by atoms with Gasteiger partial charge in [0.2, 0.25) is 0 Å². The number of hydrogen-bond donors (Lipinski definition) is 0. The molecular formula is C17H12. The molecule has 2 aromatic carbocycles. The second-order valence-electron chi connectivity index (χ2n) is 3.57. The summed E-state index contributed by atoms with van der Waals surface area (Å²) in [5.74, 6) is 12.1. The largest absolute Gasteiger partial charge is 0.101 e. The molecule has 0 saturated carbocycles. The van der Waals surface area contributed by atoms with Gasteiger partial charge in [0.25, 0.3) is 0 Å². The average molecular weight is 216 g/mol. The van der Waals surface area contributed by atoms with Crippen molar-refractivity contribution in [3.63, 3.8) is 0 Å². The van der Waals surface area contributed by atoms with E-state index >= 15 is 0 Å². The molecule has 0 fully saturated rings. The van der Waals surface area contributed by atoms with Crippen LogP contribution in [0.15, 0.2) is 54.6 Å². The number of hydrogen-bond acceptors (Lipinski definition) is 0. The maximum Gasteiger partial charge on any atom is 0.0249 e. The minimum Gasteiger partial charge on any atom is -0.101 e. The van der Waals surface area contributed by atoms with Gasteiger partial charge < -0.3 is 0 Å². The van der Waals surface area contributed by atoms with Crippen molar-refractivity contribution in [2.45, 2.75) is 6.92 Å². The molecular weight excluding hydrogens is 204 g/mol. The summed E-state index contributed by atoms with van der Waals surface area (Å²) in [5, 5.41) is 0. The van der Waals surface area contributed by atoms with E-state index in [-0.39, 0.29) is 0 Å². The van der Waals surface area contributed by atoms with Crippen molar-refractivity contribution < 1.29 is 0 Å². The highest BCUT2D eigenvalue weighted by Crippen LogP contribution is 2.02. The zero-order valence-electron chi connectivity index (χ0n) is 9.70. The van der Waals surface area contributed by atoms with E-state index in [9.17, 15) is 0 Å². The fraction of sp³-hybridized carbons (Fsp3) is 0.0588. The topological polar surface area (TPSA) is 0 Å². The van der Waals surface area contributed by atoms with Crippen molar-refractivity contribution >= 4 is 0 Å². The lowest BCUT2D eigenvalue weighted by atomic mass is 10.1. The van der Waals surface area contributed by atoms with Crippen LogP contribution in [0, 0.1) is 23.7 Å². The lowest BCUT2D eigenvalue weighted by Crippen LogP contribution is -1.77. The third kappa shape index (κ3) is 3.26. The SMILES string of the molecule is CC#Cc1ccc(C#Cc2ccccc2)cc1. The molecule has 0 nitrogen and oxygen atoms in total. The molecule has 0 aliphatic rings. The van der Waals surface area contributed by atoms with Crippen LogP contribution < -0.4 is 0 Å². The second-order valence-corrected chi connectivity index (χ2v) is 3.57. The van der Waals surface area contributed by atoms with Crippen LogP contribution in [0.25, 0.3) is 0 Å². The molecule has 0 amide bonds. The van der Waals surface area contributed by atoms with Crippen molar-refractivity contribution in [3.05, 3.63) is 71.3 Å². The predicted octanol–water partition coefficient (Wildman–Crippen LogP) is 3.46. The third-order valence-electron chi connectivity index (χ3n) is 2.28. The van der Waals surface area contributed by atoms with Crippen molar-refractivity contribution in [2.24, 2.45) is 0 Å². The molecule has 0 aliphatic heterocycles. The van der Waals surface area contributed by atoms with E-state index in [0.717, 1.165) is 16.7 Å². The van der Waals surface area contributed by atoms with Crippen molar-refractivity contribution in [3.8, 4) is 23.7 Å². The van der Waals surface area contributed by atoms with Gasteiger partial charge in [-0.1, -0.05) is 36.0 Å². The zero-order chi connectivity index (χ0) is 11.9. The monoisotopic (exact) mass is 216 g/mol. The summed E-state index contributed by atoms with van der Waals surface area (Å²) in [6, 6.07) is 18.0. The second kappa shape index (κ2) is 5.59. The normalized spacial score (nSPS) is 8.53. The van der Waals surface area contributed by atoms with Gasteiger partial charge in [-0.25, -0.2) is 0 Å². The lowest BCUT2D eigenvalue weighted by molar-refractivity contribution is 1.59. The fourth-order valence-corrected chi connectivity index (χ4v) is 1.45. The molecule has 0 spiro atoms. The molecule has 0 aromatic heterocycles. The summed E-state index contributed by atoms with van der Waals surface area (Å²) in [4.78, 5) is 0. The Kier molecular flexibility index (Phi) is 3.64. The van der Waals surface area contributed by atoms with Crippen LogP contribution in [-0.2, 0) is 0 Å². The minimum atomic E-state index is 1.01. The summed E-state index contributed by atoms with van der Waals surface area (Å²) in [5.41, 5.74) is 3.07. The smallest absolute Gasteiger partial charge is 0.0249 e. The molecule has 0 bridgehead atoms. The van der Waals surface area contributed by atoms with E-state index in [0.29, 0.717) is 0 Å². The van der Waals surface area contributed by atoms with Gasteiger partial charge in [0.05, 0.1) is 0 Å². The first-order valence-corrected chi connectivity index (χ1v) is 5.48. The summed E-state index contributed by atoms with van der Waals surface area (Å²) in [7, 11) is 0. The van der Waals surface area contributed by atoms with Gasteiger partial charge in [-0.15, -0.1) is 5.92 Å². The van der Waals surface area contributed by atoms with Crippen molar-refractivity contribution in [2.75, 3.05) is 0 Å². The molecule has 0 atom stereocenters. The average Bonchev–Trinajstić information content (AvgIpc) is 2.40. The van der Waals surface area contributed by atoms with Gasteiger partial charge in [-0.2, -0.15) is 0 Å². The van der Waals surface area contributed by atoms with Gasteiger partial charge in [-0.05, 0) is 43.3 Å². The molecule has 0 heteroatoms. The van der Waals surface area contributed by atoms with Gasteiger partial charge >= 0.3 is 0 Å². The number of benzene rings is 2. The number of rotatable bonds is 0. The predicted molar refractivity (Wildman–Crippen MR) is 71.4 cm³/mol. The Labute approximate surface area is 102 Å². The van der Waals surface area contributed by atoms with E-state index in [1.165, 1.54) is 0 Å². The molecule has 0 saturated heterocycles. The highest BCUT2D eigenvalue weighted by molar-refractivity contribution is 5.45. The van der Waals surface area contributed by atoms with Gasteiger partial charge in [0, 0.05) is 16.7 Å². The molecule has 2 aromatic rings. The van der Waals surface area contributed by atoms with Crippen LogP contribution in [0.3, 0.4) is 0 Å². The van der Waals surface area contributed by atoms with Crippen LogP contribution in [0.5, 0.6) is 0 Å². The molecule has 80 valence electrons. The van der Waals surface area contributed by atoms with Crippen LogP contribution in [0.1, 0.15) is 23.6 Å². The maximum atomic E-state index is 3.13. The highest BCUT2D eigenvalue weighted by atomic mass is 13.9. The Balaban J connectivity index is 2.19. The maximum absolute atomic E-state index is 3.13. The fourth-order valence-electron chi connectivity index (χ4n) is 1.45. The van der Waals surface area contributed by atoms with Crippen LogP contribution in [0.2, 0.25) is 0 Å². The van der Waals surface area contributed by atoms with Crippen molar-refractivity contribution in [1.82, 2.24) is 0 Å². The van der Waals surface area contributed by atoms with Crippen LogP contribution in [-0.4, -0.2) is 0 Å². The Bertz CT molecular complexity index is 596. The first-order chi connectivity index (χ1) is 8.38. The van der Waals surface area contributed by atoms with E-state index in [1.807, 2.05) is 61.5 Å². The third-order valence-corrected chi connectivity index (χ3v) is 2.28. The first-order valence-electron chi connectivity index (χ1n) is 5.48. The Morgan fingerprint density at radius 2 is 1.06 bits per heavy atom. The minimum absolute atomic E-state index is 1.01. The van der Waals surface area contributed by atoms with Gasteiger partial charge in [-0.3, -0.25) is 0 Å². The van der Waals surface area contributed by atoms with E-state index in [2.05, 4.69) is 23.7 Å². The van der Waals surface area contributed by atoms with Gasteiger partial charge in [0.15, 0.2) is 0 Å². The van der Waals surface area contributed by atoms with E-state index in [4.69, 9.17) is 0 Å². The standard InChI is InChI=1S/C17H12/c1-2-6-15-9-12-17(13-10-15)14-11-16-7-4-3-5-8-16/h3-5,7-10,12-13H,1H3. The van der Waals surface area contributed by atoms with E-state index in [1.54, 1.807) is 0 Å². The molecule has 17 heavy (non-hydrogen) atoms. The summed E-state index contributed by atoms with van der Waals surface area (Å²) < 4.78 is 0. The molecule has 0 heterocycles. The summed E-state index contributed by atoms with van der Waals surface area (Å²) in [6.45, 7) is 1.84. The lowest BCUT2D eigenvalue weighted by Gasteiger charge is -1.91. The molecule has 2 rings (SSSR count). The Hall–Kier alpha value is -2.44. The van der Waals surface area contributed by atoms with Crippen LogP contribution >= 0.6 is 0 Å². The first kappa shape index (κ1) is 11.1. The highest BCUT2D eigenvalue weighted by Gasteiger charge is 1.88. The summed E-state index contributed by atoms with van der Waals surface area (Å²) >= 11 is 0. The molecule has 0 aliphatic carbocycles. The van der Waals surface area contributed by atoms with Crippen molar-refractivity contribution in [1.29, 1.82) is 0 Å². The van der Waals surface area contributed by atoms with Gasteiger partial charge in [0.1, 0.15) is 0 Å². The Morgan fingerprint density at radius 3 is 1.59 bits per heavy atom. The molecule has 0 radical (unpaired) electrons. The molecule has 0 N–H and O–H groups in total. The van der Waals surface area contributed by atoms with E-state index < -0.39 is 0 Å². The zero-order valence-corrected chi connectivity index (χ0v) is 9.70. The summed E-state index contributed by atoms with van der Waals surface area (Å²) in [6.07, 6.45) is 0. The Morgan fingerprint density at radius 1 is 0.588 bits per heavy atom. The quantitative estimate of drug-likeness (QED) is 0.592.